The number of ketones is 1. The summed E-state index contributed by atoms with van der Waals surface area (Å²) in [5.41, 5.74) is 1.85. The van der Waals surface area contributed by atoms with Crippen LogP contribution in [0.25, 0.3) is 17.0 Å². The second-order valence-electron chi connectivity index (χ2n) is 6.45. The molecule has 0 spiro atoms. The molecular formula is C22H19ClN2O3. The molecule has 142 valence electrons. The van der Waals surface area contributed by atoms with Crippen molar-refractivity contribution in [3.63, 3.8) is 0 Å². The quantitative estimate of drug-likeness (QED) is 0.344. The van der Waals surface area contributed by atoms with Gasteiger partial charge in [-0.05, 0) is 43.7 Å². The maximum Gasteiger partial charge on any atom is 0.205 e. The van der Waals surface area contributed by atoms with Crippen LogP contribution in [0.15, 0.2) is 48.2 Å². The summed E-state index contributed by atoms with van der Waals surface area (Å²) in [4.78, 5) is 16.0. The van der Waals surface area contributed by atoms with Crippen LogP contribution in [0, 0.1) is 11.3 Å². The molecule has 0 unspecified atom stereocenters. The van der Waals surface area contributed by atoms with Crippen molar-refractivity contribution < 1.29 is 14.3 Å². The molecule has 0 atom stereocenters. The highest BCUT2D eigenvalue weighted by atomic mass is 35.5. The molecule has 1 heterocycles. The maximum atomic E-state index is 12.9. The Balaban J connectivity index is 2.02. The number of aromatic amines is 1. The number of hydrogen-bond acceptors (Lipinski definition) is 4. The summed E-state index contributed by atoms with van der Waals surface area (Å²) in [6.45, 7) is 3.77. The fraction of sp³-hybridized carbons (Fsp3) is 0.182. The molecule has 28 heavy (non-hydrogen) atoms. The van der Waals surface area contributed by atoms with Gasteiger partial charge >= 0.3 is 0 Å². The number of H-pyrrole nitrogens is 1. The summed E-state index contributed by atoms with van der Waals surface area (Å²) >= 11 is 6.33. The molecule has 0 radical (unpaired) electrons. The van der Waals surface area contributed by atoms with E-state index in [1.165, 1.54) is 13.2 Å². The lowest BCUT2D eigenvalue weighted by Gasteiger charge is -2.15. The first-order valence-electron chi connectivity index (χ1n) is 8.71. The van der Waals surface area contributed by atoms with Crippen molar-refractivity contribution in [2.24, 2.45) is 0 Å². The minimum Gasteiger partial charge on any atom is -0.493 e. The van der Waals surface area contributed by atoms with Crippen LogP contribution < -0.4 is 9.47 Å². The van der Waals surface area contributed by atoms with E-state index in [9.17, 15) is 10.1 Å². The topological polar surface area (TPSA) is 75.1 Å². The summed E-state index contributed by atoms with van der Waals surface area (Å²) < 4.78 is 11.1. The van der Waals surface area contributed by atoms with Gasteiger partial charge in [-0.25, -0.2) is 0 Å². The highest BCUT2D eigenvalue weighted by Crippen LogP contribution is 2.37. The third kappa shape index (κ3) is 3.88. The molecular weight excluding hydrogens is 376 g/mol. The number of para-hydroxylation sites is 1. The number of ether oxygens (including phenoxy) is 2. The number of hydrogen-bond donors (Lipinski definition) is 1. The van der Waals surface area contributed by atoms with E-state index in [4.69, 9.17) is 21.1 Å². The van der Waals surface area contributed by atoms with Crippen molar-refractivity contribution in [3.8, 4) is 17.6 Å². The minimum absolute atomic E-state index is 0.000371. The molecule has 2 aromatic carbocycles. The number of nitrogens with zero attached hydrogens (tertiary/aromatic N) is 1. The van der Waals surface area contributed by atoms with E-state index in [1.807, 2.05) is 44.2 Å². The molecule has 3 aromatic rings. The monoisotopic (exact) mass is 394 g/mol. The lowest BCUT2D eigenvalue weighted by Crippen LogP contribution is -2.07. The molecule has 0 bridgehead atoms. The normalized spacial score (nSPS) is 11.5. The lowest BCUT2D eigenvalue weighted by molar-refractivity contribution is 0.104. The maximum absolute atomic E-state index is 12.9. The van der Waals surface area contributed by atoms with E-state index < -0.39 is 0 Å². The SMILES string of the molecule is COc1cc(/C=C(\C#N)C(=O)c2c[nH]c3ccccc23)cc(Cl)c1OC(C)C. The number of nitrogens with one attached hydrogen (secondary N) is 1. The average Bonchev–Trinajstić information content (AvgIpc) is 3.11. The highest BCUT2D eigenvalue weighted by molar-refractivity contribution is 6.32. The number of benzene rings is 2. The summed E-state index contributed by atoms with van der Waals surface area (Å²) in [6, 6.07) is 12.8. The first-order chi connectivity index (χ1) is 13.4. The van der Waals surface area contributed by atoms with Crippen LogP contribution in [0.2, 0.25) is 5.02 Å². The molecule has 3 rings (SSSR count). The van der Waals surface area contributed by atoms with Crippen LogP contribution in [0.4, 0.5) is 0 Å². The number of nitriles is 1. The molecule has 0 saturated heterocycles. The fourth-order valence-electron chi connectivity index (χ4n) is 2.89. The van der Waals surface area contributed by atoms with Crippen molar-refractivity contribution in [1.29, 1.82) is 5.26 Å². The first kappa shape index (κ1) is 19.5. The van der Waals surface area contributed by atoms with Crippen LogP contribution in [0.3, 0.4) is 0 Å². The number of carbonyl (C=O) groups excluding carboxylic acids is 1. The molecule has 0 aliphatic heterocycles. The van der Waals surface area contributed by atoms with E-state index >= 15 is 0 Å². The van der Waals surface area contributed by atoms with Gasteiger partial charge in [0.15, 0.2) is 11.5 Å². The van der Waals surface area contributed by atoms with Gasteiger partial charge in [0.2, 0.25) is 5.78 Å². The summed E-state index contributed by atoms with van der Waals surface area (Å²) in [5, 5.41) is 10.7. The highest BCUT2D eigenvalue weighted by Gasteiger charge is 2.18. The standard InChI is InChI=1S/C22H19ClN2O3/c1-13(2)28-22-18(23)9-14(10-20(22)27-3)8-15(11-24)21(26)17-12-25-19-7-5-4-6-16(17)19/h4-10,12-13,25H,1-3H3/b15-8+. The van der Waals surface area contributed by atoms with Crippen LogP contribution in [0.5, 0.6) is 11.5 Å². The van der Waals surface area contributed by atoms with Gasteiger partial charge in [0.05, 0.1) is 18.2 Å². The summed E-state index contributed by atoms with van der Waals surface area (Å²) in [6.07, 6.45) is 3.04. The molecule has 5 nitrogen and oxygen atoms in total. The van der Waals surface area contributed by atoms with Crippen LogP contribution >= 0.6 is 11.6 Å². The van der Waals surface area contributed by atoms with Crippen LogP contribution in [-0.4, -0.2) is 24.0 Å². The molecule has 0 fully saturated rings. The summed E-state index contributed by atoms with van der Waals surface area (Å²) in [7, 11) is 1.51. The Bertz CT molecular complexity index is 1110. The Labute approximate surface area is 168 Å². The molecule has 0 amide bonds. The molecule has 1 N–H and O–H groups in total. The Morgan fingerprint density at radius 3 is 2.71 bits per heavy atom. The number of carbonyl (C=O) groups is 1. The van der Waals surface area contributed by atoms with Gasteiger partial charge in [-0.2, -0.15) is 5.26 Å². The van der Waals surface area contributed by atoms with E-state index in [-0.39, 0.29) is 17.5 Å². The smallest absolute Gasteiger partial charge is 0.205 e. The van der Waals surface area contributed by atoms with Crippen molar-refractivity contribution in [2.75, 3.05) is 7.11 Å². The molecule has 0 aliphatic rings. The zero-order chi connectivity index (χ0) is 20.3. The van der Waals surface area contributed by atoms with Gasteiger partial charge in [-0.3, -0.25) is 4.79 Å². The number of methoxy groups -OCH3 is 1. The Hall–Kier alpha value is -3.23. The lowest BCUT2D eigenvalue weighted by atomic mass is 10.0. The van der Waals surface area contributed by atoms with Gasteiger partial charge < -0.3 is 14.5 Å². The van der Waals surface area contributed by atoms with Gasteiger partial charge in [-0.1, -0.05) is 29.8 Å². The van der Waals surface area contributed by atoms with E-state index in [0.717, 1.165) is 10.9 Å². The Morgan fingerprint density at radius 1 is 1.29 bits per heavy atom. The largest absolute Gasteiger partial charge is 0.493 e. The number of halogens is 1. The molecule has 1 aromatic heterocycles. The number of aromatic nitrogens is 1. The van der Waals surface area contributed by atoms with E-state index in [1.54, 1.807) is 18.3 Å². The second-order valence-corrected chi connectivity index (χ2v) is 6.85. The second kappa shape index (κ2) is 8.20. The van der Waals surface area contributed by atoms with E-state index in [2.05, 4.69) is 4.98 Å². The predicted molar refractivity (Wildman–Crippen MR) is 110 cm³/mol. The predicted octanol–water partition coefficient (Wildman–Crippen LogP) is 5.41. The zero-order valence-electron chi connectivity index (χ0n) is 15.7. The van der Waals surface area contributed by atoms with Crippen molar-refractivity contribution in [2.45, 2.75) is 20.0 Å². The van der Waals surface area contributed by atoms with Crippen LogP contribution in [0.1, 0.15) is 29.8 Å². The van der Waals surface area contributed by atoms with Crippen molar-refractivity contribution >= 4 is 34.4 Å². The molecule has 0 aliphatic carbocycles. The van der Waals surface area contributed by atoms with E-state index in [0.29, 0.717) is 27.6 Å². The third-order valence-electron chi connectivity index (χ3n) is 4.12. The minimum atomic E-state index is -0.363. The molecule has 0 saturated carbocycles. The number of allylic oxidation sites excluding steroid dienone is 1. The fourth-order valence-corrected chi connectivity index (χ4v) is 3.16. The molecule has 6 heteroatoms. The van der Waals surface area contributed by atoms with Gasteiger partial charge in [0.1, 0.15) is 11.6 Å². The zero-order valence-corrected chi connectivity index (χ0v) is 16.5. The van der Waals surface area contributed by atoms with Crippen LogP contribution in [-0.2, 0) is 0 Å². The summed E-state index contributed by atoms with van der Waals surface area (Å²) in [5.74, 6) is 0.500. The van der Waals surface area contributed by atoms with Gasteiger partial charge in [-0.15, -0.1) is 0 Å². The van der Waals surface area contributed by atoms with Crippen molar-refractivity contribution in [3.05, 3.63) is 64.3 Å². The Morgan fingerprint density at radius 2 is 2.04 bits per heavy atom. The average molecular weight is 395 g/mol. The van der Waals surface area contributed by atoms with Gasteiger partial charge in [0.25, 0.3) is 0 Å². The first-order valence-corrected chi connectivity index (χ1v) is 9.09. The number of rotatable bonds is 6. The Kier molecular flexibility index (Phi) is 5.72. The number of fused-ring (bicyclic) bond motifs is 1. The third-order valence-corrected chi connectivity index (χ3v) is 4.40. The number of Topliss-reactive ketones (excluding diaryl/α,β-unsaturated/α-hetero) is 1. The van der Waals surface area contributed by atoms with Gasteiger partial charge in [0, 0.05) is 22.7 Å². The van der Waals surface area contributed by atoms with Crippen molar-refractivity contribution in [1.82, 2.24) is 4.98 Å².